The number of halogens is 1. The molecule has 0 bridgehead atoms. The van der Waals surface area contributed by atoms with E-state index in [4.69, 9.17) is 0 Å². The van der Waals surface area contributed by atoms with Gasteiger partial charge in [0, 0.05) is 11.5 Å². The molecule has 0 radical (unpaired) electrons. The molecule has 2 aliphatic carbocycles. The normalized spacial score (nSPS) is 26.3. The van der Waals surface area contributed by atoms with Gasteiger partial charge in [0.25, 0.3) is 0 Å². The van der Waals surface area contributed by atoms with E-state index in [0.29, 0.717) is 5.92 Å². The summed E-state index contributed by atoms with van der Waals surface area (Å²) in [6, 6.07) is 5.54. The second kappa shape index (κ2) is 13.3. The van der Waals surface area contributed by atoms with E-state index in [9.17, 15) is 4.39 Å². The minimum atomic E-state index is -0.0890. The first-order chi connectivity index (χ1) is 15.2. The molecule has 0 aliphatic heterocycles. The Labute approximate surface area is 191 Å². The zero-order valence-corrected chi connectivity index (χ0v) is 20.2. The van der Waals surface area contributed by atoms with Gasteiger partial charge in [0.05, 0.1) is 0 Å². The molecular weight excluding hydrogens is 379 g/mol. The van der Waals surface area contributed by atoms with Gasteiger partial charge in [-0.15, -0.1) is 0 Å². The maximum Gasteiger partial charge on any atom is 0.127 e. The van der Waals surface area contributed by atoms with Crippen LogP contribution in [0.1, 0.15) is 121 Å². The van der Waals surface area contributed by atoms with Crippen LogP contribution in [0.3, 0.4) is 0 Å². The van der Waals surface area contributed by atoms with Crippen molar-refractivity contribution in [3.8, 4) is 11.8 Å². The number of hydrogen-bond donors (Lipinski definition) is 0. The fourth-order valence-electron chi connectivity index (χ4n) is 6.00. The van der Waals surface area contributed by atoms with E-state index < -0.39 is 0 Å². The molecule has 172 valence electrons. The summed E-state index contributed by atoms with van der Waals surface area (Å²) in [5, 5.41) is 0. The summed E-state index contributed by atoms with van der Waals surface area (Å²) in [5.74, 6) is 10.1. The summed E-state index contributed by atoms with van der Waals surface area (Å²) in [5.41, 5.74) is 1.66. The van der Waals surface area contributed by atoms with Crippen molar-refractivity contribution in [3.05, 3.63) is 35.1 Å². The molecule has 0 amide bonds. The third-order valence-corrected chi connectivity index (χ3v) is 8.04. The molecule has 2 saturated carbocycles. The molecule has 1 aromatic carbocycles. The Hall–Kier alpha value is -1.29. The van der Waals surface area contributed by atoms with Gasteiger partial charge >= 0.3 is 0 Å². The molecule has 1 heteroatoms. The second-order valence-electron chi connectivity index (χ2n) is 10.4. The van der Waals surface area contributed by atoms with Crippen LogP contribution in [0.15, 0.2) is 18.2 Å². The lowest BCUT2D eigenvalue weighted by Crippen LogP contribution is -2.25. The highest BCUT2D eigenvalue weighted by atomic mass is 19.1. The Morgan fingerprint density at radius 2 is 1.48 bits per heavy atom. The molecule has 0 saturated heterocycles. The van der Waals surface area contributed by atoms with E-state index in [2.05, 4.69) is 25.7 Å². The smallest absolute Gasteiger partial charge is 0.127 e. The monoisotopic (exact) mass is 424 g/mol. The second-order valence-corrected chi connectivity index (χ2v) is 10.4. The molecule has 0 unspecified atom stereocenters. The largest absolute Gasteiger partial charge is 0.207 e. The van der Waals surface area contributed by atoms with E-state index in [1.807, 2.05) is 12.1 Å². The van der Waals surface area contributed by atoms with Crippen LogP contribution in [0.5, 0.6) is 0 Å². The lowest BCUT2D eigenvalue weighted by atomic mass is 9.69. The summed E-state index contributed by atoms with van der Waals surface area (Å²) in [6.07, 6.45) is 21.5. The van der Waals surface area contributed by atoms with Gasteiger partial charge in [-0.05, 0) is 80.4 Å². The van der Waals surface area contributed by atoms with Crippen molar-refractivity contribution >= 4 is 0 Å². The van der Waals surface area contributed by atoms with Gasteiger partial charge in [-0.2, -0.15) is 0 Å². The third-order valence-electron chi connectivity index (χ3n) is 8.04. The van der Waals surface area contributed by atoms with Crippen molar-refractivity contribution in [3.63, 3.8) is 0 Å². The minimum Gasteiger partial charge on any atom is -0.207 e. The number of unbranched alkanes of at least 4 members (excludes halogenated alkanes) is 4. The first kappa shape index (κ1) is 24.4. The molecule has 0 spiro atoms. The van der Waals surface area contributed by atoms with Crippen molar-refractivity contribution < 1.29 is 4.39 Å². The number of hydrogen-bond acceptors (Lipinski definition) is 0. The molecule has 0 nitrogen and oxygen atoms in total. The summed E-state index contributed by atoms with van der Waals surface area (Å²) >= 11 is 0. The topological polar surface area (TPSA) is 0 Å². The van der Waals surface area contributed by atoms with Crippen molar-refractivity contribution in [1.82, 2.24) is 0 Å². The zero-order chi connectivity index (χ0) is 21.9. The van der Waals surface area contributed by atoms with Crippen molar-refractivity contribution in [2.45, 2.75) is 117 Å². The lowest BCUT2D eigenvalue weighted by molar-refractivity contribution is 0.153. The summed E-state index contributed by atoms with van der Waals surface area (Å²) < 4.78 is 14.1. The van der Waals surface area contributed by atoms with Gasteiger partial charge in [-0.3, -0.25) is 0 Å². The number of aryl methyl sites for hydroxylation is 1. The standard InChI is InChI=1S/C30H45F/c1-3-5-6-7-8-10-24-13-18-27(19-14-24)28-20-15-25(16-21-28)11-12-26-17-22-29(9-4-2)30(31)23-26/h17,22-25,27-28H,3-10,13-16,18-21H2,1-2H3/t24-,25-,27-,28-. The Morgan fingerprint density at radius 3 is 2.13 bits per heavy atom. The predicted octanol–water partition coefficient (Wildman–Crippen LogP) is 9.10. The molecule has 31 heavy (non-hydrogen) atoms. The zero-order valence-electron chi connectivity index (χ0n) is 20.2. The van der Waals surface area contributed by atoms with Gasteiger partial charge in [0.2, 0.25) is 0 Å². The fraction of sp³-hybridized carbons (Fsp3) is 0.733. The SMILES string of the molecule is CCCCCCC[C@H]1CC[C@H]([C@H]2CC[C@H](C#Cc3ccc(CCC)c(F)c3)CC2)CC1. The Balaban J connectivity index is 1.36. The van der Waals surface area contributed by atoms with Gasteiger partial charge in [0.15, 0.2) is 0 Å². The molecule has 0 heterocycles. The minimum absolute atomic E-state index is 0.0890. The van der Waals surface area contributed by atoms with E-state index in [-0.39, 0.29) is 5.82 Å². The van der Waals surface area contributed by atoms with E-state index in [1.165, 1.54) is 89.9 Å². The number of benzene rings is 1. The molecule has 0 N–H and O–H groups in total. The van der Waals surface area contributed by atoms with Crippen LogP contribution >= 0.6 is 0 Å². The van der Waals surface area contributed by atoms with Gasteiger partial charge in [0.1, 0.15) is 5.82 Å². The lowest BCUT2D eigenvalue weighted by Gasteiger charge is -2.37. The molecule has 0 atom stereocenters. The molecule has 3 rings (SSSR count). The van der Waals surface area contributed by atoms with E-state index in [1.54, 1.807) is 6.07 Å². The van der Waals surface area contributed by atoms with Crippen molar-refractivity contribution in [2.24, 2.45) is 23.7 Å². The van der Waals surface area contributed by atoms with Crippen LogP contribution in [-0.2, 0) is 6.42 Å². The van der Waals surface area contributed by atoms with Gasteiger partial charge in [-0.1, -0.05) is 89.5 Å². The molecule has 0 aromatic heterocycles. The quantitative estimate of drug-likeness (QED) is 0.274. The van der Waals surface area contributed by atoms with Crippen LogP contribution in [0.25, 0.3) is 0 Å². The highest BCUT2D eigenvalue weighted by Crippen LogP contribution is 2.42. The van der Waals surface area contributed by atoms with Crippen LogP contribution in [0, 0.1) is 41.3 Å². The Morgan fingerprint density at radius 1 is 0.806 bits per heavy atom. The number of rotatable bonds is 9. The molecule has 2 fully saturated rings. The Bertz CT molecular complexity index is 693. The fourth-order valence-corrected chi connectivity index (χ4v) is 6.00. The third kappa shape index (κ3) is 7.97. The van der Waals surface area contributed by atoms with Crippen LogP contribution in [0.2, 0.25) is 0 Å². The first-order valence-corrected chi connectivity index (χ1v) is 13.5. The highest BCUT2D eigenvalue weighted by molar-refractivity contribution is 5.37. The Kier molecular flexibility index (Phi) is 10.5. The van der Waals surface area contributed by atoms with Gasteiger partial charge < -0.3 is 0 Å². The van der Waals surface area contributed by atoms with Crippen molar-refractivity contribution in [2.75, 3.05) is 0 Å². The molecule has 1 aromatic rings. The van der Waals surface area contributed by atoms with Crippen LogP contribution in [-0.4, -0.2) is 0 Å². The average Bonchev–Trinajstić information content (AvgIpc) is 2.80. The maximum atomic E-state index is 14.1. The summed E-state index contributed by atoms with van der Waals surface area (Å²) in [4.78, 5) is 0. The van der Waals surface area contributed by atoms with Crippen molar-refractivity contribution in [1.29, 1.82) is 0 Å². The van der Waals surface area contributed by atoms with E-state index >= 15 is 0 Å². The average molecular weight is 425 g/mol. The molecular formula is C30H45F. The van der Waals surface area contributed by atoms with Crippen LogP contribution in [0.4, 0.5) is 4.39 Å². The van der Waals surface area contributed by atoms with Gasteiger partial charge in [-0.25, -0.2) is 4.39 Å². The van der Waals surface area contributed by atoms with E-state index in [0.717, 1.165) is 41.7 Å². The highest BCUT2D eigenvalue weighted by Gasteiger charge is 2.30. The summed E-state index contributed by atoms with van der Waals surface area (Å²) in [7, 11) is 0. The molecule has 2 aliphatic rings. The van der Waals surface area contributed by atoms with Crippen LogP contribution < -0.4 is 0 Å². The maximum absolute atomic E-state index is 14.1. The summed E-state index contributed by atoms with van der Waals surface area (Å²) in [6.45, 7) is 4.39. The predicted molar refractivity (Wildman–Crippen MR) is 132 cm³/mol. The first-order valence-electron chi connectivity index (χ1n) is 13.5.